The molecule has 1 aromatic carbocycles. The van der Waals surface area contributed by atoms with Crippen molar-refractivity contribution in [3.05, 3.63) is 35.1 Å². The molecule has 0 amide bonds. The van der Waals surface area contributed by atoms with E-state index < -0.39 is 17.5 Å². The Bertz CT molecular complexity index is 450. The summed E-state index contributed by atoms with van der Waals surface area (Å²) < 4.78 is 39.7. The smallest absolute Gasteiger partial charge is 0.161 e. The molecule has 0 aromatic heterocycles. The van der Waals surface area contributed by atoms with Crippen LogP contribution in [0.15, 0.2) is 12.1 Å². The standard InChI is InChI=1S/C14H19F3N2O/c15-12-7-14(17)13(16)6-10(12)8-19(4-5-20)9-11-2-1-3-18-11/h6-7,11,18,20H,1-5,8-9H2. The quantitative estimate of drug-likeness (QED) is 0.781. The van der Waals surface area contributed by atoms with E-state index in [9.17, 15) is 13.2 Å². The summed E-state index contributed by atoms with van der Waals surface area (Å²) in [5.74, 6) is -2.99. The third kappa shape index (κ3) is 3.94. The maximum Gasteiger partial charge on any atom is 0.161 e. The Labute approximate surface area is 116 Å². The van der Waals surface area contributed by atoms with E-state index in [1.54, 1.807) is 0 Å². The van der Waals surface area contributed by atoms with E-state index in [4.69, 9.17) is 5.11 Å². The molecule has 1 fully saturated rings. The highest BCUT2D eigenvalue weighted by Gasteiger charge is 2.19. The van der Waals surface area contributed by atoms with Crippen molar-refractivity contribution in [2.45, 2.75) is 25.4 Å². The number of halogens is 3. The lowest BCUT2D eigenvalue weighted by atomic mass is 10.1. The van der Waals surface area contributed by atoms with Gasteiger partial charge in [-0.2, -0.15) is 0 Å². The summed E-state index contributed by atoms with van der Waals surface area (Å²) in [6, 6.07) is 1.75. The van der Waals surface area contributed by atoms with Crippen LogP contribution < -0.4 is 5.32 Å². The lowest BCUT2D eigenvalue weighted by Crippen LogP contribution is -2.38. The van der Waals surface area contributed by atoms with Gasteiger partial charge in [-0.25, -0.2) is 13.2 Å². The molecule has 1 aliphatic rings. The minimum atomic E-state index is -1.18. The Morgan fingerprint density at radius 1 is 1.20 bits per heavy atom. The lowest BCUT2D eigenvalue weighted by molar-refractivity contribution is 0.177. The molecule has 6 heteroatoms. The van der Waals surface area contributed by atoms with Crippen molar-refractivity contribution in [2.24, 2.45) is 0 Å². The van der Waals surface area contributed by atoms with Crippen LogP contribution in [-0.4, -0.2) is 42.3 Å². The van der Waals surface area contributed by atoms with Crippen LogP contribution in [0, 0.1) is 17.5 Å². The molecule has 0 saturated carbocycles. The molecule has 0 radical (unpaired) electrons. The van der Waals surface area contributed by atoms with Crippen LogP contribution >= 0.6 is 0 Å². The molecule has 1 aromatic rings. The molecule has 1 heterocycles. The lowest BCUT2D eigenvalue weighted by Gasteiger charge is -2.25. The molecule has 1 saturated heterocycles. The van der Waals surface area contributed by atoms with E-state index in [0.717, 1.165) is 25.5 Å². The predicted octanol–water partition coefficient (Wildman–Crippen LogP) is 1.65. The van der Waals surface area contributed by atoms with Crippen LogP contribution in [0.25, 0.3) is 0 Å². The Kier molecular flexibility index (Phi) is 5.39. The highest BCUT2D eigenvalue weighted by Crippen LogP contribution is 2.16. The minimum absolute atomic E-state index is 0.0575. The van der Waals surface area contributed by atoms with Crippen molar-refractivity contribution < 1.29 is 18.3 Å². The molecular weight excluding hydrogens is 269 g/mol. The molecule has 0 bridgehead atoms. The molecule has 20 heavy (non-hydrogen) atoms. The maximum atomic E-state index is 13.6. The zero-order chi connectivity index (χ0) is 14.5. The number of nitrogens with one attached hydrogen (secondary N) is 1. The van der Waals surface area contributed by atoms with Crippen molar-refractivity contribution in [1.29, 1.82) is 0 Å². The van der Waals surface area contributed by atoms with Gasteiger partial charge in [0.15, 0.2) is 11.6 Å². The Morgan fingerprint density at radius 3 is 2.60 bits per heavy atom. The first-order valence-electron chi connectivity index (χ1n) is 6.80. The number of benzene rings is 1. The predicted molar refractivity (Wildman–Crippen MR) is 69.7 cm³/mol. The van der Waals surface area contributed by atoms with Gasteiger partial charge in [0.25, 0.3) is 0 Å². The van der Waals surface area contributed by atoms with E-state index in [-0.39, 0.29) is 18.7 Å². The first kappa shape index (κ1) is 15.3. The highest BCUT2D eigenvalue weighted by atomic mass is 19.2. The normalized spacial score (nSPS) is 18.9. The first-order valence-corrected chi connectivity index (χ1v) is 6.80. The molecule has 3 nitrogen and oxygen atoms in total. The van der Waals surface area contributed by atoms with Crippen LogP contribution in [0.1, 0.15) is 18.4 Å². The maximum absolute atomic E-state index is 13.6. The second-order valence-electron chi connectivity index (χ2n) is 5.11. The van der Waals surface area contributed by atoms with Crippen LogP contribution in [0.5, 0.6) is 0 Å². The van der Waals surface area contributed by atoms with Gasteiger partial charge in [0.05, 0.1) is 6.61 Å². The molecule has 112 valence electrons. The van der Waals surface area contributed by atoms with Crippen LogP contribution in [0.4, 0.5) is 13.2 Å². The van der Waals surface area contributed by atoms with E-state index in [1.807, 2.05) is 4.90 Å². The summed E-state index contributed by atoms with van der Waals surface area (Å²) in [5, 5.41) is 12.4. The Morgan fingerprint density at radius 2 is 1.95 bits per heavy atom. The van der Waals surface area contributed by atoms with Crippen molar-refractivity contribution in [2.75, 3.05) is 26.2 Å². The molecular formula is C14H19F3N2O. The van der Waals surface area contributed by atoms with Gasteiger partial charge in [-0.3, -0.25) is 4.90 Å². The Balaban J connectivity index is 2.04. The molecule has 1 atom stereocenters. The van der Waals surface area contributed by atoms with Crippen molar-refractivity contribution in [3.8, 4) is 0 Å². The van der Waals surface area contributed by atoms with Gasteiger partial charge in [0.2, 0.25) is 0 Å². The number of hydrogen-bond donors (Lipinski definition) is 2. The number of aliphatic hydroxyl groups is 1. The summed E-state index contributed by atoms with van der Waals surface area (Å²) in [5.41, 5.74) is 0.107. The second-order valence-corrected chi connectivity index (χ2v) is 5.11. The fraction of sp³-hybridized carbons (Fsp3) is 0.571. The fourth-order valence-electron chi connectivity index (χ4n) is 2.53. The van der Waals surface area contributed by atoms with Crippen molar-refractivity contribution >= 4 is 0 Å². The largest absolute Gasteiger partial charge is 0.395 e. The summed E-state index contributed by atoms with van der Waals surface area (Å²) in [4.78, 5) is 1.85. The van der Waals surface area contributed by atoms with E-state index in [2.05, 4.69) is 5.32 Å². The van der Waals surface area contributed by atoms with Crippen LogP contribution in [0.3, 0.4) is 0 Å². The average Bonchev–Trinajstić information content (AvgIpc) is 2.89. The number of nitrogens with zero attached hydrogens (tertiary/aromatic N) is 1. The van der Waals surface area contributed by atoms with Gasteiger partial charge >= 0.3 is 0 Å². The average molecular weight is 288 g/mol. The Hall–Kier alpha value is -1.11. The molecule has 1 aliphatic heterocycles. The fourth-order valence-corrected chi connectivity index (χ4v) is 2.53. The van der Waals surface area contributed by atoms with Gasteiger partial charge in [-0.05, 0) is 25.5 Å². The van der Waals surface area contributed by atoms with Crippen LogP contribution in [-0.2, 0) is 6.54 Å². The topological polar surface area (TPSA) is 35.5 Å². The highest BCUT2D eigenvalue weighted by molar-refractivity contribution is 5.20. The SMILES string of the molecule is OCCN(Cc1cc(F)c(F)cc1F)CC1CCCN1. The van der Waals surface area contributed by atoms with Gasteiger partial charge in [-0.15, -0.1) is 0 Å². The summed E-state index contributed by atoms with van der Waals surface area (Å²) in [7, 11) is 0. The zero-order valence-corrected chi connectivity index (χ0v) is 11.2. The molecule has 0 aliphatic carbocycles. The van der Waals surface area contributed by atoms with Gasteiger partial charge in [-0.1, -0.05) is 0 Å². The van der Waals surface area contributed by atoms with Crippen molar-refractivity contribution in [1.82, 2.24) is 10.2 Å². The summed E-state index contributed by atoms with van der Waals surface area (Å²) in [6.45, 7) is 2.08. The van der Waals surface area contributed by atoms with Gasteiger partial charge in [0, 0.05) is 37.3 Å². The van der Waals surface area contributed by atoms with E-state index >= 15 is 0 Å². The third-order valence-corrected chi connectivity index (χ3v) is 3.54. The monoisotopic (exact) mass is 288 g/mol. The van der Waals surface area contributed by atoms with Gasteiger partial charge < -0.3 is 10.4 Å². The van der Waals surface area contributed by atoms with Crippen molar-refractivity contribution in [3.63, 3.8) is 0 Å². The first-order chi connectivity index (χ1) is 9.60. The molecule has 2 N–H and O–H groups in total. The summed E-state index contributed by atoms with van der Waals surface area (Å²) in [6.07, 6.45) is 2.12. The zero-order valence-electron chi connectivity index (χ0n) is 11.2. The third-order valence-electron chi connectivity index (χ3n) is 3.54. The van der Waals surface area contributed by atoms with Crippen LogP contribution in [0.2, 0.25) is 0 Å². The second kappa shape index (κ2) is 7.06. The molecule has 1 unspecified atom stereocenters. The number of hydrogen-bond acceptors (Lipinski definition) is 3. The number of aliphatic hydroxyl groups excluding tert-OH is 1. The van der Waals surface area contributed by atoms with E-state index in [1.165, 1.54) is 0 Å². The number of rotatable bonds is 6. The molecule has 2 rings (SSSR count). The van der Waals surface area contributed by atoms with Gasteiger partial charge in [0.1, 0.15) is 5.82 Å². The van der Waals surface area contributed by atoms with E-state index in [0.29, 0.717) is 25.2 Å². The molecule has 0 spiro atoms. The minimum Gasteiger partial charge on any atom is -0.395 e. The summed E-state index contributed by atoms with van der Waals surface area (Å²) >= 11 is 0.